The lowest BCUT2D eigenvalue weighted by molar-refractivity contribution is -0.164. The van der Waals surface area contributed by atoms with E-state index in [0.29, 0.717) is 42.3 Å². The van der Waals surface area contributed by atoms with Gasteiger partial charge in [0.25, 0.3) is 0 Å². The van der Waals surface area contributed by atoms with Crippen LogP contribution >= 0.6 is 0 Å². The van der Waals surface area contributed by atoms with Crippen LogP contribution in [0, 0.1) is 34.5 Å². The monoisotopic (exact) mass is 368 g/mol. The predicted molar refractivity (Wildman–Crippen MR) is 96.6 cm³/mol. The standard InChI is InChI=1S/C23H28O4/c1-20-6-3-12(24)9-16(20)13-10-14(13)19-15-4-7-22(8-5-18(25)27-22)21(15,2)11-17-23(19,20)26-17/h9,13-15,17,19H,3-8,10-11H2,1-2H3/t13-,14-,15+,17+,19+,20+,21+,22-,23-/m1/s1. The fourth-order valence-corrected chi connectivity index (χ4v) is 9.12. The molecule has 144 valence electrons. The lowest BCUT2D eigenvalue weighted by atomic mass is 9.46. The van der Waals surface area contributed by atoms with Crippen LogP contribution in [0.4, 0.5) is 0 Å². The van der Waals surface area contributed by atoms with E-state index in [4.69, 9.17) is 9.47 Å². The molecule has 4 heteroatoms. The van der Waals surface area contributed by atoms with Crippen molar-refractivity contribution in [2.24, 2.45) is 34.5 Å². The number of ether oxygens (including phenoxy) is 2. The fraction of sp³-hybridized carbons (Fsp3) is 0.826. The molecule has 0 unspecified atom stereocenters. The zero-order chi connectivity index (χ0) is 18.4. The molecule has 7 aliphatic rings. The molecule has 0 bridgehead atoms. The minimum atomic E-state index is -0.239. The average Bonchev–Trinajstić information content (AvgIpc) is 3.49. The Morgan fingerprint density at radius 1 is 1.11 bits per heavy atom. The summed E-state index contributed by atoms with van der Waals surface area (Å²) >= 11 is 0. The predicted octanol–water partition coefficient (Wildman–Crippen LogP) is 3.58. The number of rotatable bonds is 0. The molecule has 0 aromatic heterocycles. The Morgan fingerprint density at radius 2 is 1.96 bits per heavy atom. The van der Waals surface area contributed by atoms with Gasteiger partial charge in [0.2, 0.25) is 0 Å². The van der Waals surface area contributed by atoms with E-state index in [-0.39, 0.29) is 34.1 Å². The van der Waals surface area contributed by atoms with Crippen molar-refractivity contribution < 1.29 is 19.1 Å². The molecule has 0 amide bonds. The van der Waals surface area contributed by atoms with Crippen molar-refractivity contribution in [2.45, 2.75) is 82.5 Å². The van der Waals surface area contributed by atoms with Crippen LogP contribution in [0.3, 0.4) is 0 Å². The van der Waals surface area contributed by atoms with Gasteiger partial charge in [0.05, 0.1) is 6.10 Å². The van der Waals surface area contributed by atoms with Crippen LogP contribution in [0.15, 0.2) is 11.6 Å². The van der Waals surface area contributed by atoms with Crippen LogP contribution in [-0.4, -0.2) is 29.1 Å². The Hall–Kier alpha value is -1.16. The number of carbonyl (C=O) groups is 2. The Kier molecular flexibility index (Phi) is 2.46. The van der Waals surface area contributed by atoms with E-state index in [1.807, 2.05) is 6.08 Å². The summed E-state index contributed by atoms with van der Waals surface area (Å²) in [5, 5.41) is 0. The zero-order valence-electron chi connectivity index (χ0n) is 16.3. The summed E-state index contributed by atoms with van der Waals surface area (Å²) in [7, 11) is 0. The molecule has 0 aromatic rings. The van der Waals surface area contributed by atoms with Gasteiger partial charge in [-0.05, 0) is 68.3 Å². The quantitative estimate of drug-likeness (QED) is 0.484. The van der Waals surface area contributed by atoms with E-state index in [9.17, 15) is 9.59 Å². The third-order valence-corrected chi connectivity index (χ3v) is 10.4. The summed E-state index contributed by atoms with van der Waals surface area (Å²) in [6.07, 6.45) is 9.85. The molecule has 5 aliphatic carbocycles. The molecule has 6 fully saturated rings. The molecule has 0 N–H and O–H groups in total. The van der Waals surface area contributed by atoms with Crippen molar-refractivity contribution >= 4 is 11.8 Å². The normalized spacial score (nSPS) is 62.0. The molecule has 4 saturated carbocycles. The first-order valence-corrected chi connectivity index (χ1v) is 11.0. The van der Waals surface area contributed by atoms with Crippen molar-refractivity contribution in [2.75, 3.05) is 0 Å². The molecule has 9 atom stereocenters. The first-order chi connectivity index (χ1) is 12.8. The minimum Gasteiger partial charge on any atom is -0.458 e. The van der Waals surface area contributed by atoms with E-state index in [0.717, 1.165) is 25.7 Å². The first kappa shape index (κ1) is 15.7. The van der Waals surface area contributed by atoms with Crippen molar-refractivity contribution in [3.05, 3.63) is 11.6 Å². The highest BCUT2D eigenvalue weighted by Gasteiger charge is 2.85. The number of carbonyl (C=O) groups excluding carboxylic acids is 2. The van der Waals surface area contributed by atoms with Crippen LogP contribution in [0.2, 0.25) is 0 Å². The van der Waals surface area contributed by atoms with Gasteiger partial charge < -0.3 is 9.47 Å². The molecule has 27 heavy (non-hydrogen) atoms. The summed E-state index contributed by atoms with van der Waals surface area (Å²) in [5.41, 5.74) is 1.24. The third-order valence-electron chi connectivity index (χ3n) is 10.4. The number of ketones is 1. The van der Waals surface area contributed by atoms with Gasteiger partial charge in [-0.3, -0.25) is 9.59 Å². The summed E-state index contributed by atoms with van der Waals surface area (Å²) in [4.78, 5) is 24.2. The van der Waals surface area contributed by atoms with Crippen LogP contribution < -0.4 is 0 Å². The zero-order valence-corrected chi connectivity index (χ0v) is 16.3. The Labute approximate surface area is 160 Å². The van der Waals surface area contributed by atoms with Gasteiger partial charge in [-0.1, -0.05) is 19.4 Å². The lowest BCUT2D eigenvalue weighted by Gasteiger charge is -2.56. The van der Waals surface area contributed by atoms with Crippen molar-refractivity contribution in [3.63, 3.8) is 0 Å². The van der Waals surface area contributed by atoms with Gasteiger partial charge in [-0.2, -0.15) is 0 Å². The van der Waals surface area contributed by atoms with E-state index in [1.165, 1.54) is 18.4 Å². The van der Waals surface area contributed by atoms with Crippen LogP contribution in [0.25, 0.3) is 0 Å². The summed E-state index contributed by atoms with van der Waals surface area (Å²) in [6, 6.07) is 0. The van der Waals surface area contributed by atoms with Crippen LogP contribution in [0.1, 0.15) is 65.2 Å². The van der Waals surface area contributed by atoms with Gasteiger partial charge >= 0.3 is 5.97 Å². The maximum Gasteiger partial charge on any atom is 0.306 e. The molecule has 0 radical (unpaired) electrons. The van der Waals surface area contributed by atoms with Crippen LogP contribution in [0.5, 0.6) is 0 Å². The summed E-state index contributed by atoms with van der Waals surface area (Å²) in [5.74, 6) is 2.77. The Bertz CT molecular complexity index is 845. The number of esters is 1. The highest BCUT2D eigenvalue weighted by molar-refractivity contribution is 5.92. The van der Waals surface area contributed by atoms with Crippen molar-refractivity contribution in [1.82, 2.24) is 0 Å². The molecular weight excluding hydrogens is 340 g/mol. The second-order valence-corrected chi connectivity index (χ2v) is 11.1. The third kappa shape index (κ3) is 1.47. The lowest BCUT2D eigenvalue weighted by Crippen LogP contribution is -2.60. The van der Waals surface area contributed by atoms with Crippen LogP contribution in [-0.2, 0) is 19.1 Å². The molecule has 2 saturated heterocycles. The molecule has 0 aromatic carbocycles. The van der Waals surface area contributed by atoms with Crippen molar-refractivity contribution in [3.8, 4) is 0 Å². The van der Waals surface area contributed by atoms with Gasteiger partial charge in [-0.15, -0.1) is 0 Å². The molecular formula is C23H28O4. The first-order valence-electron chi connectivity index (χ1n) is 11.0. The second-order valence-electron chi connectivity index (χ2n) is 11.1. The maximum atomic E-state index is 12.2. The largest absolute Gasteiger partial charge is 0.458 e. The molecule has 7 rings (SSSR count). The highest BCUT2D eigenvalue weighted by atomic mass is 16.6. The van der Waals surface area contributed by atoms with Gasteiger partial charge in [0, 0.05) is 23.7 Å². The average molecular weight is 368 g/mol. The maximum absolute atomic E-state index is 12.2. The topological polar surface area (TPSA) is 55.9 Å². The smallest absolute Gasteiger partial charge is 0.306 e. The van der Waals surface area contributed by atoms with E-state index >= 15 is 0 Å². The number of hydrogen-bond acceptors (Lipinski definition) is 4. The molecule has 4 nitrogen and oxygen atoms in total. The minimum absolute atomic E-state index is 0.00124. The Morgan fingerprint density at radius 3 is 2.74 bits per heavy atom. The number of epoxide rings is 1. The SMILES string of the molecule is C[C@]12CCC(=O)C=C1[C@@H]1C[C@H]1[C@H]1[C@@H]3CC[C@@]4(CCC(=O)O4)[C@@]3(C)C[C@@H]3O[C@@]132. The summed E-state index contributed by atoms with van der Waals surface area (Å²) < 4.78 is 12.8. The Balaban J connectivity index is 1.36. The number of hydrogen-bond donors (Lipinski definition) is 0. The van der Waals surface area contributed by atoms with E-state index < -0.39 is 0 Å². The molecule has 2 spiro atoms. The fourth-order valence-electron chi connectivity index (χ4n) is 9.12. The molecule has 2 heterocycles. The molecule has 2 aliphatic heterocycles. The van der Waals surface area contributed by atoms with Gasteiger partial charge in [-0.25, -0.2) is 0 Å². The van der Waals surface area contributed by atoms with E-state index in [2.05, 4.69) is 13.8 Å². The summed E-state index contributed by atoms with van der Waals surface area (Å²) in [6.45, 7) is 4.81. The number of fused-ring (bicyclic) bond motifs is 7. The highest BCUT2D eigenvalue weighted by Crippen LogP contribution is 2.82. The van der Waals surface area contributed by atoms with Crippen molar-refractivity contribution in [1.29, 1.82) is 0 Å². The van der Waals surface area contributed by atoms with Gasteiger partial charge in [0.1, 0.15) is 11.2 Å². The van der Waals surface area contributed by atoms with E-state index in [1.54, 1.807) is 0 Å². The second kappa shape index (κ2) is 4.22. The van der Waals surface area contributed by atoms with Gasteiger partial charge in [0.15, 0.2) is 5.78 Å².